The van der Waals surface area contributed by atoms with Crippen LogP contribution in [-0.4, -0.2) is 11.0 Å². The van der Waals surface area contributed by atoms with Crippen LogP contribution in [-0.2, 0) is 13.1 Å². The van der Waals surface area contributed by atoms with Crippen molar-refractivity contribution in [1.82, 2.24) is 4.98 Å². The van der Waals surface area contributed by atoms with Gasteiger partial charge in [0.2, 0.25) is 0 Å². The Labute approximate surface area is 111 Å². The van der Waals surface area contributed by atoms with Crippen LogP contribution in [0.5, 0.6) is 0 Å². The lowest BCUT2D eigenvalue weighted by atomic mass is 10.2. The number of hydrogen-bond acceptors (Lipinski definition) is 4. The Balaban J connectivity index is 1.80. The van der Waals surface area contributed by atoms with Gasteiger partial charge in [-0.3, -0.25) is 0 Å². The Morgan fingerprint density at radius 1 is 1.33 bits per heavy atom. The Bertz CT molecular complexity index is 488. The van der Waals surface area contributed by atoms with Gasteiger partial charge in [-0.2, -0.15) is 0 Å². The minimum absolute atomic E-state index is 0.557. The van der Waals surface area contributed by atoms with Gasteiger partial charge in [-0.15, -0.1) is 11.3 Å². The van der Waals surface area contributed by atoms with Gasteiger partial charge in [0.15, 0.2) is 0 Å². The Kier molecular flexibility index (Phi) is 3.30. The lowest BCUT2D eigenvalue weighted by Crippen LogP contribution is -2.25. The third-order valence-electron chi connectivity index (χ3n) is 3.23. The molecule has 0 unspecified atom stereocenters. The highest BCUT2D eigenvalue weighted by atomic mass is 32.1. The van der Waals surface area contributed by atoms with E-state index >= 15 is 0 Å². The zero-order chi connectivity index (χ0) is 12.4. The Morgan fingerprint density at radius 2 is 2.22 bits per heavy atom. The number of pyridine rings is 1. The maximum absolute atomic E-state index is 5.61. The fourth-order valence-electron chi connectivity index (χ4n) is 2.06. The van der Waals surface area contributed by atoms with Crippen molar-refractivity contribution < 1.29 is 0 Å². The number of aromatic nitrogens is 1. The zero-order valence-corrected chi connectivity index (χ0v) is 11.1. The number of nitrogens with zero attached hydrogens (tertiary/aromatic N) is 2. The van der Waals surface area contributed by atoms with Crippen molar-refractivity contribution in [2.24, 2.45) is 5.73 Å². The van der Waals surface area contributed by atoms with Crippen molar-refractivity contribution in [1.29, 1.82) is 0 Å². The first-order valence-electron chi connectivity index (χ1n) is 6.31. The van der Waals surface area contributed by atoms with E-state index in [1.807, 2.05) is 17.5 Å². The first kappa shape index (κ1) is 11.7. The topological polar surface area (TPSA) is 42.1 Å². The lowest BCUT2D eigenvalue weighted by Gasteiger charge is -2.23. The summed E-state index contributed by atoms with van der Waals surface area (Å²) in [5.74, 6) is 1.07. The minimum atomic E-state index is 0.557. The van der Waals surface area contributed by atoms with Gasteiger partial charge >= 0.3 is 0 Å². The molecule has 0 aliphatic heterocycles. The second-order valence-corrected chi connectivity index (χ2v) is 5.70. The second kappa shape index (κ2) is 5.08. The predicted molar refractivity (Wildman–Crippen MR) is 75.7 cm³/mol. The molecule has 0 spiro atoms. The van der Waals surface area contributed by atoms with E-state index in [4.69, 9.17) is 5.73 Å². The van der Waals surface area contributed by atoms with Crippen LogP contribution in [0.1, 0.15) is 23.3 Å². The molecule has 2 aromatic heterocycles. The molecule has 1 saturated carbocycles. The lowest BCUT2D eigenvalue weighted by molar-refractivity contribution is 0.785. The largest absolute Gasteiger partial charge is 0.348 e. The summed E-state index contributed by atoms with van der Waals surface area (Å²) in [6.07, 6.45) is 4.45. The van der Waals surface area contributed by atoms with Gasteiger partial charge in [-0.1, -0.05) is 12.1 Å². The number of anilines is 1. The maximum atomic E-state index is 5.61. The SMILES string of the molecule is NCc1ccc(N(Cc2cccs2)C2CC2)nc1. The molecule has 0 amide bonds. The van der Waals surface area contributed by atoms with Gasteiger partial charge in [-0.25, -0.2) is 4.98 Å². The molecule has 0 radical (unpaired) electrons. The summed E-state index contributed by atoms with van der Waals surface area (Å²) >= 11 is 1.81. The molecule has 4 heteroatoms. The molecular weight excluding hydrogens is 242 g/mol. The minimum Gasteiger partial charge on any atom is -0.348 e. The summed E-state index contributed by atoms with van der Waals surface area (Å²) in [7, 11) is 0. The predicted octanol–water partition coefficient (Wildman–Crippen LogP) is 2.77. The van der Waals surface area contributed by atoms with Gasteiger partial charge in [0.25, 0.3) is 0 Å². The van der Waals surface area contributed by atoms with Crippen LogP contribution in [0.3, 0.4) is 0 Å². The molecule has 2 aromatic rings. The summed E-state index contributed by atoms with van der Waals surface area (Å²) in [4.78, 5) is 8.35. The van der Waals surface area contributed by atoms with E-state index in [1.54, 1.807) is 0 Å². The van der Waals surface area contributed by atoms with Crippen molar-refractivity contribution in [2.75, 3.05) is 4.90 Å². The fraction of sp³-hybridized carbons (Fsp3) is 0.357. The zero-order valence-electron chi connectivity index (χ0n) is 10.2. The van der Waals surface area contributed by atoms with E-state index in [0.29, 0.717) is 12.6 Å². The van der Waals surface area contributed by atoms with Crippen molar-refractivity contribution in [3.05, 3.63) is 46.3 Å². The Morgan fingerprint density at radius 3 is 2.78 bits per heavy atom. The van der Waals surface area contributed by atoms with Gasteiger partial charge < -0.3 is 10.6 Å². The molecule has 0 bridgehead atoms. The van der Waals surface area contributed by atoms with Crippen molar-refractivity contribution in [3.63, 3.8) is 0 Å². The molecule has 18 heavy (non-hydrogen) atoms. The highest BCUT2D eigenvalue weighted by Gasteiger charge is 2.30. The van der Waals surface area contributed by atoms with Crippen LogP contribution in [0.2, 0.25) is 0 Å². The van der Waals surface area contributed by atoms with Gasteiger partial charge in [0, 0.05) is 23.7 Å². The van der Waals surface area contributed by atoms with Crippen molar-refractivity contribution in [2.45, 2.75) is 32.0 Å². The summed E-state index contributed by atoms with van der Waals surface area (Å²) in [6.45, 7) is 1.53. The fourth-order valence-corrected chi connectivity index (χ4v) is 2.76. The molecule has 0 aromatic carbocycles. The molecule has 1 aliphatic rings. The standard InChI is InChI=1S/C14H17N3S/c15-8-11-3-6-14(16-9-11)17(12-4-5-12)10-13-2-1-7-18-13/h1-3,6-7,9,12H,4-5,8,10,15H2. The van der Waals surface area contributed by atoms with Crippen LogP contribution < -0.4 is 10.6 Å². The first-order valence-corrected chi connectivity index (χ1v) is 7.19. The number of hydrogen-bond donors (Lipinski definition) is 1. The molecule has 3 rings (SSSR count). The van der Waals surface area contributed by atoms with E-state index in [0.717, 1.165) is 17.9 Å². The molecule has 2 N–H and O–H groups in total. The van der Waals surface area contributed by atoms with E-state index in [2.05, 4.69) is 39.5 Å². The average molecular weight is 259 g/mol. The van der Waals surface area contributed by atoms with Gasteiger partial charge in [0.05, 0.1) is 6.54 Å². The van der Waals surface area contributed by atoms with E-state index in [-0.39, 0.29) is 0 Å². The Hall–Kier alpha value is -1.39. The molecule has 0 atom stereocenters. The van der Waals surface area contributed by atoms with E-state index in [1.165, 1.54) is 17.7 Å². The maximum Gasteiger partial charge on any atom is 0.129 e. The van der Waals surface area contributed by atoms with E-state index in [9.17, 15) is 0 Å². The monoisotopic (exact) mass is 259 g/mol. The summed E-state index contributed by atoms with van der Waals surface area (Å²) in [5, 5.41) is 2.13. The first-order chi connectivity index (χ1) is 8.86. The summed E-state index contributed by atoms with van der Waals surface area (Å²) < 4.78 is 0. The normalized spacial score (nSPS) is 14.7. The second-order valence-electron chi connectivity index (χ2n) is 4.67. The van der Waals surface area contributed by atoms with E-state index < -0.39 is 0 Å². The highest BCUT2D eigenvalue weighted by Crippen LogP contribution is 2.32. The molecule has 3 nitrogen and oxygen atoms in total. The average Bonchev–Trinajstić information content (AvgIpc) is 3.13. The number of nitrogens with two attached hydrogens (primary N) is 1. The van der Waals surface area contributed by atoms with Crippen molar-refractivity contribution >= 4 is 17.2 Å². The third kappa shape index (κ3) is 2.54. The summed E-state index contributed by atoms with van der Waals surface area (Å²) in [6, 6.07) is 9.13. The number of rotatable bonds is 5. The summed E-state index contributed by atoms with van der Waals surface area (Å²) in [5.41, 5.74) is 6.69. The smallest absolute Gasteiger partial charge is 0.129 e. The highest BCUT2D eigenvalue weighted by molar-refractivity contribution is 7.09. The van der Waals surface area contributed by atoms with Crippen LogP contribution in [0, 0.1) is 0 Å². The van der Waals surface area contributed by atoms with Crippen LogP contribution in [0.25, 0.3) is 0 Å². The quantitative estimate of drug-likeness (QED) is 0.897. The molecule has 1 fully saturated rings. The number of thiophene rings is 1. The van der Waals surface area contributed by atoms with Gasteiger partial charge in [-0.05, 0) is 35.9 Å². The molecular formula is C14H17N3S. The molecule has 2 heterocycles. The molecule has 0 saturated heterocycles. The van der Waals surface area contributed by atoms with Crippen molar-refractivity contribution in [3.8, 4) is 0 Å². The molecule has 94 valence electrons. The van der Waals surface area contributed by atoms with Crippen LogP contribution in [0.4, 0.5) is 5.82 Å². The van der Waals surface area contributed by atoms with Crippen LogP contribution in [0.15, 0.2) is 35.8 Å². The van der Waals surface area contributed by atoms with Gasteiger partial charge in [0.1, 0.15) is 5.82 Å². The third-order valence-corrected chi connectivity index (χ3v) is 4.09. The van der Waals surface area contributed by atoms with Crippen LogP contribution >= 0.6 is 11.3 Å². The molecule has 1 aliphatic carbocycles.